The van der Waals surface area contributed by atoms with E-state index in [-0.39, 0.29) is 23.8 Å². The number of hydrogen-bond donors (Lipinski definition) is 2. The lowest BCUT2D eigenvalue weighted by atomic mass is 10.1. The van der Waals surface area contributed by atoms with Crippen LogP contribution in [0.3, 0.4) is 0 Å². The summed E-state index contributed by atoms with van der Waals surface area (Å²) in [4.78, 5) is 11.9. The molecule has 3 nitrogen and oxygen atoms in total. The van der Waals surface area contributed by atoms with Gasteiger partial charge < -0.3 is 5.32 Å². The molecule has 0 aliphatic heterocycles. The van der Waals surface area contributed by atoms with Crippen LogP contribution in [0.15, 0.2) is 24.3 Å². The van der Waals surface area contributed by atoms with Crippen LogP contribution in [-0.2, 0) is 4.79 Å². The average molecular weight is 280 g/mol. The molecule has 0 fully saturated rings. The maximum absolute atomic E-state index is 13.2. The van der Waals surface area contributed by atoms with Crippen molar-refractivity contribution in [3.63, 3.8) is 0 Å². The quantitative estimate of drug-likeness (QED) is 0.806. The third kappa shape index (κ3) is 5.70. The van der Waals surface area contributed by atoms with E-state index >= 15 is 0 Å². The molecule has 0 saturated heterocycles. The number of benzene rings is 1. The highest BCUT2D eigenvalue weighted by molar-refractivity contribution is 5.81. The minimum atomic E-state index is -0.305. The molecule has 2 atom stereocenters. The Balaban J connectivity index is 2.44. The van der Waals surface area contributed by atoms with Crippen molar-refractivity contribution in [3.05, 3.63) is 35.6 Å². The van der Waals surface area contributed by atoms with Crippen LogP contribution in [0.5, 0.6) is 0 Å². The van der Waals surface area contributed by atoms with E-state index in [4.69, 9.17) is 0 Å². The highest BCUT2D eigenvalue weighted by atomic mass is 19.1. The van der Waals surface area contributed by atoms with Gasteiger partial charge in [0.25, 0.3) is 0 Å². The van der Waals surface area contributed by atoms with E-state index in [0.717, 1.165) is 12.0 Å². The molecular formula is C16H25FN2O. The zero-order chi connectivity index (χ0) is 15.1. The van der Waals surface area contributed by atoms with Gasteiger partial charge in [0.1, 0.15) is 5.82 Å². The fraction of sp³-hybridized carbons (Fsp3) is 0.562. The van der Waals surface area contributed by atoms with E-state index in [0.29, 0.717) is 12.5 Å². The second-order valence-corrected chi connectivity index (χ2v) is 5.64. The van der Waals surface area contributed by atoms with E-state index in [1.807, 2.05) is 19.9 Å². The van der Waals surface area contributed by atoms with Crippen molar-refractivity contribution in [2.45, 2.75) is 46.2 Å². The lowest BCUT2D eigenvalue weighted by molar-refractivity contribution is -0.122. The SMILES string of the molecule is CC(C)CCNC(=O)C(C)N[C@@H](C)c1cccc(F)c1. The molecule has 0 aliphatic rings. The van der Waals surface area contributed by atoms with Crippen molar-refractivity contribution < 1.29 is 9.18 Å². The van der Waals surface area contributed by atoms with Gasteiger partial charge in [0.05, 0.1) is 6.04 Å². The van der Waals surface area contributed by atoms with Crippen molar-refractivity contribution in [1.82, 2.24) is 10.6 Å². The molecule has 0 saturated carbocycles. The lowest BCUT2D eigenvalue weighted by Gasteiger charge is -2.20. The average Bonchev–Trinajstić information content (AvgIpc) is 2.38. The Morgan fingerprint density at radius 2 is 1.95 bits per heavy atom. The standard InChI is InChI=1S/C16H25FN2O/c1-11(2)8-9-18-16(20)13(4)19-12(3)14-6-5-7-15(17)10-14/h5-7,10-13,19H,8-9H2,1-4H3,(H,18,20)/t12-,13?/m0/s1. The monoisotopic (exact) mass is 280 g/mol. The maximum atomic E-state index is 13.2. The molecule has 1 aromatic carbocycles. The normalized spacial score (nSPS) is 14.1. The van der Waals surface area contributed by atoms with E-state index in [1.54, 1.807) is 6.07 Å². The molecule has 0 spiro atoms. The van der Waals surface area contributed by atoms with Crippen molar-refractivity contribution in [2.75, 3.05) is 6.54 Å². The molecule has 1 amide bonds. The molecule has 1 aromatic rings. The first-order valence-electron chi connectivity index (χ1n) is 7.19. The van der Waals surface area contributed by atoms with Crippen LogP contribution >= 0.6 is 0 Å². The summed E-state index contributed by atoms with van der Waals surface area (Å²) in [6.07, 6.45) is 0.970. The smallest absolute Gasteiger partial charge is 0.236 e. The zero-order valence-corrected chi connectivity index (χ0v) is 12.7. The van der Waals surface area contributed by atoms with Gasteiger partial charge in [-0.1, -0.05) is 26.0 Å². The molecule has 0 bridgehead atoms. The third-order valence-corrected chi connectivity index (χ3v) is 3.26. The number of carbonyl (C=O) groups is 1. The lowest BCUT2D eigenvalue weighted by Crippen LogP contribution is -2.43. The third-order valence-electron chi connectivity index (χ3n) is 3.26. The summed E-state index contributed by atoms with van der Waals surface area (Å²) in [7, 11) is 0. The van der Waals surface area contributed by atoms with Gasteiger partial charge in [0.2, 0.25) is 5.91 Å². The topological polar surface area (TPSA) is 41.1 Å². The zero-order valence-electron chi connectivity index (χ0n) is 12.7. The van der Waals surface area contributed by atoms with Gasteiger partial charge >= 0.3 is 0 Å². The molecule has 112 valence electrons. The Morgan fingerprint density at radius 3 is 2.55 bits per heavy atom. The first-order chi connectivity index (χ1) is 9.40. The number of rotatable bonds is 7. The van der Waals surface area contributed by atoms with E-state index in [1.165, 1.54) is 12.1 Å². The number of nitrogens with one attached hydrogen (secondary N) is 2. The first-order valence-corrected chi connectivity index (χ1v) is 7.19. The van der Waals surface area contributed by atoms with Gasteiger partial charge in [-0.2, -0.15) is 0 Å². The number of carbonyl (C=O) groups excluding carboxylic acids is 1. The molecule has 20 heavy (non-hydrogen) atoms. The van der Waals surface area contributed by atoms with Gasteiger partial charge in [-0.3, -0.25) is 10.1 Å². The highest BCUT2D eigenvalue weighted by Crippen LogP contribution is 2.14. The van der Waals surface area contributed by atoms with Crippen molar-refractivity contribution in [2.24, 2.45) is 5.92 Å². The van der Waals surface area contributed by atoms with Crippen LogP contribution in [0.2, 0.25) is 0 Å². The molecular weight excluding hydrogens is 255 g/mol. The number of halogens is 1. The van der Waals surface area contributed by atoms with Gasteiger partial charge in [0, 0.05) is 12.6 Å². The highest BCUT2D eigenvalue weighted by Gasteiger charge is 2.16. The predicted molar refractivity (Wildman–Crippen MR) is 79.9 cm³/mol. The van der Waals surface area contributed by atoms with Crippen molar-refractivity contribution in [1.29, 1.82) is 0 Å². The van der Waals surface area contributed by atoms with E-state index < -0.39 is 0 Å². The molecule has 1 unspecified atom stereocenters. The minimum absolute atomic E-state index is 0.0195. The van der Waals surface area contributed by atoms with Crippen LogP contribution < -0.4 is 10.6 Å². The summed E-state index contributed by atoms with van der Waals surface area (Å²) in [5.41, 5.74) is 0.840. The second-order valence-electron chi connectivity index (χ2n) is 5.64. The predicted octanol–water partition coefficient (Wildman–Crippen LogP) is 3.03. The van der Waals surface area contributed by atoms with Crippen LogP contribution in [0, 0.1) is 11.7 Å². The molecule has 0 heterocycles. The van der Waals surface area contributed by atoms with Gasteiger partial charge in [-0.25, -0.2) is 4.39 Å². The minimum Gasteiger partial charge on any atom is -0.355 e. The Morgan fingerprint density at radius 1 is 1.25 bits per heavy atom. The molecule has 4 heteroatoms. The molecule has 0 radical (unpaired) electrons. The fourth-order valence-corrected chi connectivity index (χ4v) is 1.96. The summed E-state index contributed by atoms with van der Waals surface area (Å²) in [5.74, 6) is 0.295. The molecule has 0 aromatic heterocycles. The van der Waals surface area contributed by atoms with Crippen molar-refractivity contribution >= 4 is 5.91 Å². The van der Waals surface area contributed by atoms with Gasteiger partial charge in [-0.05, 0) is 43.9 Å². The van der Waals surface area contributed by atoms with E-state index in [9.17, 15) is 9.18 Å². The Labute approximate surface area is 121 Å². The Hall–Kier alpha value is -1.42. The van der Waals surface area contributed by atoms with E-state index in [2.05, 4.69) is 24.5 Å². The van der Waals surface area contributed by atoms with Crippen LogP contribution in [0.4, 0.5) is 4.39 Å². The molecule has 0 aliphatic carbocycles. The summed E-state index contributed by atoms with van der Waals surface area (Å²) in [6.45, 7) is 8.68. The number of amides is 1. The maximum Gasteiger partial charge on any atom is 0.236 e. The summed E-state index contributed by atoms with van der Waals surface area (Å²) in [6, 6.07) is 6.05. The van der Waals surface area contributed by atoms with Gasteiger partial charge in [-0.15, -0.1) is 0 Å². The number of hydrogen-bond acceptors (Lipinski definition) is 2. The Kier molecular flexibility index (Phi) is 6.65. The summed E-state index contributed by atoms with van der Waals surface area (Å²) < 4.78 is 13.2. The van der Waals surface area contributed by atoms with Crippen LogP contribution in [0.1, 0.15) is 45.7 Å². The first kappa shape index (κ1) is 16.6. The van der Waals surface area contributed by atoms with Gasteiger partial charge in [0.15, 0.2) is 0 Å². The largest absolute Gasteiger partial charge is 0.355 e. The summed E-state index contributed by atoms with van der Waals surface area (Å²) >= 11 is 0. The summed E-state index contributed by atoms with van der Waals surface area (Å²) in [5, 5.41) is 6.09. The Bertz CT molecular complexity index is 434. The molecule has 1 rings (SSSR count). The fourth-order valence-electron chi connectivity index (χ4n) is 1.96. The van der Waals surface area contributed by atoms with Crippen LogP contribution in [0.25, 0.3) is 0 Å². The van der Waals surface area contributed by atoms with Crippen LogP contribution in [-0.4, -0.2) is 18.5 Å². The van der Waals surface area contributed by atoms with Crippen molar-refractivity contribution in [3.8, 4) is 0 Å². The molecule has 2 N–H and O–H groups in total. The second kappa shape index (κ2) is 8.00.